The van der Waals surface area contributed by atoms with Gasteiger partial charge in [-0.2, -0.15) is 0 Å². The van der Waals surface area contributed by atoms with Gasteiger partial charge in [0.25, 0.3) is 0 Å². The van der Waals surface area contributed by atoms with Gasteiger partial charge in [0, 0.05) is 12.3 Å². The number of nitrogens with one attached hydrogen (secondary N) is 1. The van der Waals surface area contributed by atoms with E-state index < -0.39 is 15.4 Å². The Morgan fingerprint density at radius 1 is 1.46 bits per heavy atom. The number of terminal acetylenes is 1. The van der Waals surface area contributed by atoms with Crippen LogP contribution in [0.1, 0.15) is 20.8 Å². The van der Waals surface area contributed by atoms with Crippen LogP contribution >= 0.6 is 0 Å². The molecule has 3 nitrogen and oxygen atoms in total. The summed E-state index contributed by atoms with van der Waals surface area (Å²) in [7, 11) is -2.88. The van der Waals surface area contributed by atoms with Gasteiger partial charge in [-0.3, -0.25) is 0 Å². The fraction of sp³-hybridized carbons (Fsp3) is 0.778. The van der Waals surface area contributed by atoms with Gasteiger partial charge in [-0.25, -0.2) is 8.42 Å². The van der Waals surface area contributed by atoms with E-state index in [0.29, 0.717) is 6.54 Å². The van der Waals surface area contributed by atoms with Crippen molar-refractivity contribution in [2.24, 2.45) is 0 Å². The molecule has 76 valence electrons. The average molecular weight is 203 g/mol. The van der Waals surface area contributed by atoms with Crippen LogP contribution in [-0.2, 0) is 9.84 Å². The minimum Gasteiger partial charge on any atom is -0.301 e. The van der Waals surface area contributed by atoms with Gasteiger partial charge in [-0.15, -0.1) is 6.42 Å². The molecule has 4 heteroatoms. The highest BCUT2D eigenvalue weighted by Gasteiger charge is 2.14. The van der Waals surface area contributed by atoms with E-state index in [1.165, 1.54) is 0 Å². The lowest BCUT2D eigenvalue weighted by Gasteiger charge is -2.19. The van der Waals surface area contributed by atoms with Crippen LogP contribution in [0.2, 0.25) is 0 Å². The Labute approximate surface area is 80.8 Å². The summed E-state index contributed by atoms with van der Waals surface area (Å²) in [5.74, 6) is 2.87. The van der Waals surface area contributed by atoms with E-state index in [1.807, 2.05) is 13.8 Å². The first-order valence-corrected chi connectivity index (χ1v) is 6.08. The van der Waals surface area contributed by atoms with Crippen molar-refractivity contribution in [3.8, 4) is 12.3 Å². The van der Waals surface area contributed by atoms with Crippen molar-refractivity contribution in [1.82, 2.24) is 5.32 Å². The molecule has 0 rings (SSSR count). The van der Waals surface area contributed by atoms with Crippen molar-refractivity contribution >= 4 is 9.84 Å². The third-order valence-corrected chi connectivity index (χ3v) is 3.49. The highest BCUT2D eigenvalue weighted by Crippen LogP contribution is 1.98. The molecule has 0 bridgehead atoms. The lowest BCUT2D eigenvalue weighted by atomic mass is 10.1. The predicted octanol–water partition coefficient (Wildman–Crippen LogP) is 0.422. The molecule has 0 saturated carbocycles. The van der Waals surface area contributed by atoms with Gasteiger partial charge < -0.3 is 5.32 Å². The fourth-order valence-electron chi connectivity index (χ4n) is 0.714. The Balaban J connectivity index is 3.90. The van der Waals surface area contributed by atoms with Gasteiger partial charge in [0.15, 0.2) is 9.84 Å². The maximum Gasteiger partial charge on any atom is 0.151 e. The van der Waals surface area contributed by atoms with Crippen molar-refractivity contribution in [3.63, 3.8) is 0 Å². The molecule has 0 radical (unpaired) electrons. The minimum atomic E-state index is -2.88. The lowest BCUT2D eigenvalue weighted by molar-refractivity contribution is 0.506. The van der Waals surface area contributed by atoms with Crippen LogP contribution in [0.3, 0.4) is 0 Å². The molecule has 13 heavy (non-hydrogen) atoms. The largest absolute Gasteiger partial charge is 0.301 e. The zero-order valence-corrected chi connectivity index (χ0v) is 9.24. The van der Waals surface area contributed by atoms with Crippen LogP contribution in [0, 0.1) is 12.3 Å². The van der Waals surface area contributed by atoms with Crippen molar-refractivity contribution in [2.45, 2.75) is 26.3 Å². The van der Waals surface area contributed by atoms with Gasteiger partial charge in [0.05, 0.1) is 11.3 Å². The van der Waals surface area contributed by atoms with Crippen LogP contribution in [0.25, 0.3) is 0 Å². The Morgan fingerprint density at radius 3 is 2.38 bits per heavy atom. The second-order valence-corrected chi connectivity index (χ2v) is 5.91. The quantitative estimate of drug-likeness (QED) is 0.659. The first kappa shape index (κ1) is 12.5. The summed E-state index contributed by atoms with van der Waals surface area (Å²) in [5, 5.41) is 2.98. The molecule has 0 aliphatic heterocycles. The van der Waals surface area contributed by atoms with Crippen LogP contribution < -0.4 is 5.32 Å². The van der Waals surface area contributed by atoms with Crippen molar-refractivity contribution in [2.75, 3.05) is 18.1 Å². The third kappa shape index (κ3) is 5.67. The summed E-state index contributed by atoms with van der Waals surface area (Å²) >= 11 is 0. The van der Waals surface area contributed by atoms with E-state index in [1.54, 1.807) is 6.92 Å². The summed E-state index contributed by atoms with van der Waals surface area (Å²) in [6.45, 7) is 5.73. The summed E-state index contributed by atoms with van der Waals surface area (Å²) in [6, 6.07) is 0. The second-order valence-electron chi connectivity index (χ2n) is 3.43. The Morgan fingerprint density at radius 2 is 2.00 bits per heavy atom. The lowest BCUT2D eigenvalue weighted by Crippen LogP contribution is -2.40. The molecule has 0 aliphatic rings. The van der Waals surface area contributed by atoms with E-state index >= 15 is 0 Å². The monoisotopic (exact) mass is 203 g/mol. The number of sulfone groups is 1. The predicted molar refractivity (Wildman–Crippen MR) is 55.2 cm³/mol. The summed E-state index contributed by atoms with van der Waals surface area (Å²) in [4.78, 5) is 0. The van der Waals surface area contributed by atoms with Gasteiger partial charge in [0.1, 0.15) is 0 Å². The van der Waals surface area contributed by atoms with E-state index in [4.69, 9.17) is 6.42 Å². The van der Waals surface area contributed by atoms with E-state index in [0.717, 1.165) is 0 Å². The van der Waals surface area contributed by atoms with Gasteiger partial charge in [-0.05, 0) is 13.8 Å². The summed E-state index contributed by atoms with van der Waals surface area (Å²) in [5.41, 5.74) is -0.427. The normalized spacial score (nSPS) is 12.5. The number of hydrogen-bond donors (Lipinski definition) is 1. The van der Waals surface area contributed by atoms with E-state index in [-0.39, 0.29) is 11.5 Å². The van der Waals surface area contributed by atoms with Gasteiger partial charge in [0.2, 0.25) is 0 Å². The smallest absolute Gasteiger partial charge is 0.151 e. The Kier molecular flexibility index (Phi) is 4.45. The van der Waals surface area contributed by atoms with Crippen molar-refractivity contribution in [3.05, 3.63) is 0 Å². The first-order chi connectivity index (χ1) is 5.83. The van der Waals surface area contributed by atoms with E-state index in [9.17, 15) is 8.42 Å². The zero-order valence-electron chi connectivity index (χ0n) is 8.42. The molecular formula is C9H17NO2S. The van der Waals surface area contributed by atoms with Gasteiger partial charge in [-0.1, -0.05) is 12.8 Å². The first-order valence-electron chi connectivity index (χ1n) is 4.26. The van der Waals surface area contributed by atoms with Crippen LogP contribution in [0.15, 0.2) is 0 Å². The zero-order chi connectivity index (χ0) is 10.5. The molecule has 0 heterocycles. The molecule has 0 aromatic rings. The summed E-state index contributed by atoms with van der Waals surface area (Å²) in [6.07, 6.45) is 5.23. The molecule has 0 saturated heterocycles. The van der Waals surface area contributed by atoms with Crippen LogP contribution in [-0.4, -0.2) is 32.0 Å². The van der Waals surface area contributed by atoms with Crippen LogP contribution in [0.5, 0.6) is 0 Å². The third-order valence-electron chi connectivity index (χ3n) is 1.78. The highest BCUT2D eigenvalue weighted by molar-refractivity contribution is 7.91. The second kappa shape index (κ2) is 4.64. The molecule has 0 aromatic heterocycles. The standard InChI is InChI=1S/C9H17NO2S/c1-5-9(3,4)10-7-8-13(11,12)6-2/h1,10H,6-8H2,2-4H3. The minimum absolute atomic E-state index is 0.147. The maximum atomic E-state index is 11.1. The SMILES string of the molecule is C#CC(C)(C)NCCS(=O)(=O)CC. The molecule has 0 atom stereocenters. The molecule has 0 fully saturated rings. The average Bonchev–Trinajstić information content (AvgIpc) is 2.04. The molecule has 0 spiro atoms. The van der Waals surface area contributed by atoms with Crippen molar-refractivity contribution in [1.29, 1.82) is 0 Å². The molecule has 0 unspecified atom stereocenters. The topological polar surface area (TPSA) is 46.2 Å². The number of rotatable bonds is 5. The van der Waals surface area contributed by atoms with Gasteiger partial charge >= 0.3 is 0 Å². The highest BCUT2D eigenvalue weighted by atomic mass is 32.2. The Bertz CT molecular complexity index is 285. The molecule has 0 aromatic carbocycles. The molecule has 1 N–H and O–H groups in total. The van der Waals surface area contributed by atoms with Crippen LogP contribution in [0.4, 0.5) is 0 Å². The van der Waals surface area contributed by atoms with E-state index in [2.05, 4.69) is 11.2 Å². The fourth-order valence-corrected chi connectivity index (χ4v) is 1.42. The summed E-state index contributed by atoms with van der Waals surface area (Å²) < 4.78 is 22.2. The molecule has 0 aliphatic carbocycles. The van der Waals surface area contributed by atoms with Crippen molar-refractivity contribution < 1.29 is 8.42 Å². The Hall–Kier alpha value is -0.530. The maximum absolute atomic E-state index is 11.1. The molecular weight excluding hydrogens is 186 g/mol. The number of hydrogen-bond acceptors (Lipinski definition) is 3. The molecule has 0 amide bonds.